The number of morpholine rings is 1. The van der Waals surface area contributed by atoms with E-state index in [0.717, 1.165) is 5.56 Å². The van der Waals surface area contributed by atoms with E-state index < -0.39 is 0 Å². The summed E-state index contributed by atoms with van der Waals surface area (Å²) >= 11 is 0. The number of ether oxygens (including phenoxy) is 1. The monoisotopic (exact) mass is 299 g/mol. The molecule has 0 radical (unpaired) electrons. The van der Waals surface area contributed by atoms with E-state index in [2.05, 4.69) is 4.98 Å². The summed E-state index contributed by atoms with van der Waals surface area (Å²) in [5.41, 5.74) is 1.31. The fourth-order valence-corrected chi connectivity index (χ4v) is 2.38. The Bertz CT molecular complexity index is 706. The van der Waals surface area contributed by atoms with Crippen LogP contribution in [0, 0.1) is 0 Å². The van der Waals surface area contributed by atoms with Crippen LogP contribution in [0.3, 0.4) is 0 Å². The van der Waals surface area contributed by atoms with Gasteiger partial charge in [0.1, 0.15) is 6.54 Å². The Balaban J connectivity index is 1.81. The Morgan fingerprint density at radius 3 is 2.64 bits per heavy atom. The van der Waals surface area contributed by atoms with Crippen LogP contribution in [-0.2, 0) is 16.1 Å². The molecule has 22 heavy (non-hydrogen) atoms. The minimum atomic E-state index is -0.277. The summed E-state index contributed by atoms with van der Waals surface area (Å²) in [6, 6.07) is 9.57. The van der Waals surface area contributed by atoms with Gasteiger partial charge in [-0.15, -0.1) is 0 Å². The number of benzene rings is 1. The quantitative estimate of drug-likeness (QED) is 0.840. The van der Waals surface area contributed by atoms with Crippen LogP contribution in [0.5, 0.6) is 0 Å². The zero-order valence-electron chi connectivity index (χ0n) is 12.1. The summed E-state index contributed by atoms with van der Waals surface area (Å²) in [4.78, 5) is 30.1. The molecular formula is C16H17N3O3. The Kier molecular flexibility index (Phi) is 4.29. The van der Waals surface area contributed by atoms with Crippen molar-refractivity contribution in [1.29, 1.82) is 0 Å². The standard InChI is InChI=1S/C16H17N3O3/c20-15-10-17-14(13-4-2-1-3-5-13)11-19(15)12-16(21)18-6-8-22-9-7-18/h1-5,10-11H,6-9,12H2. The third-order valence-electron chi connectivity index (χ3n) is 3.61. The fraction of sp³-hybridized carbons (Fsp3) is 0.312. The molecule has 0 unspecified atom stereocenters. The minimum Gasteiger partial charge on any atom is -0.378 e. The molecule has 3 rings (SSSR count). The average molecular weight is 299 g/mol. The van der Waals surface area contributed by atoms with Crippen LogP contribution in [0.4, 0.5) is 0 Å². The van der Waals surface area contributed by atoms with Crippen molar-refractivity contribution in [3.05, 3.63) is 53.1 Å². The summed E-state index contributed by atoms with van der Waals surface area (Å²) in [5, 5.41) is 0. The molecule has 1 saturated heterocycles. The van der Waals surface area contributed by atoms with Crippen LogP contribution >= 0.6 is 0 Å². The minimum absolute atomic E-state index is 0.0290. The van der Waals surface area contributed by atoms with E-state index >= 15 is 0 Å². The maximum Gasteiger partial charge on any atom is 0.269 e. The van der Waals surface area contributed by atoms with Gasteiger partial charge in [-0.25, -0.2) is 4.98 Å². The van der Waals surface area contributed by atoms with Crippen LogP contribution in [-0.4, -0.2) is 46.7 Å². The third kappa shape index (κ3) is 3.23. The van der Waals surface area contributed by atoms with Gasteiger partial charge < -0.3 is 14.2 Å². The summed E-state index contributed by atoms with van der Waals surface area (Å²) in [5.74, 6) is -0.0735. The van der Waals surface area contributed by atoms with Gasteiger partial charge in [0.05, 0.1) is 25.1 Å². The van der Waals surface area contributed by atoms with Gasteiger partial charge in [0.15, 0.2) is 0 Å². The van der Waals surface area contributed by atoms with Gasteiger partial charge in [-0.1, -0.05) is 30.3 Å². The Hall–Kier alpha value is -2.47. The van der Waals surface area contributed by atoms with Crippen molar-refractivity contribution >= 4 is 5.91 Å². The first-order chi connectivity index (χ1) is 10.7. The molecule has 0 saturated carbocycles. The molecule has 0 N–H and O–H groups in total. The van der Waals surface area contributed by atoms with Crippen LogP contribution in [0.1, 0.15) is 0 Å². The van der Waals surface area contributed by atoms with Gasteiger partial charge in [0, 0.05) is 24.8 Å². The number of amides is 1. The molecular weight excluding hydrogens is 282 g/mol. The van der Waals surface area contributed by atoms with Gasteiger partial charge in [-0.2, -0.15) is 0 Å². The van der Waals surface area contributed by atoms with Crippen LogP contribution in [0.25, 0.3) is 11.3 Å². The highest BCUT2D eigenvalue weighted by atomic mass is 16.5. The van der Waals surface area contributed by atoms with Crippen LogP contribution in [0.2, 0.25) is 0 Å². The highest BCUT2D eigenvalue weighted by Gasteiger charge is 2.17. The predicted octanol–water partition coefficient (Wildman–Crippen LogP) is 0.769. The molecule has 1 fully saturated rings. The molecule has 1 aromatic carbocycles. The lowest BCUT2D eigenvalue weighted by Gasteiger charge is -2.27. The zero-order valence-corrected chi connectivity index (χ0v) is 12.1. The molecule has 6 nitrogen and oxygen atoms in total. The molecule has 6 heteroatoms. The van der Waals surface area contributed by atoms with E-state index in [9.17, 15) is 9.59 Å². The van der Waals surface area contributed by atoms with E-state index in [1.165, 1.54) is 10.8 Å². The van der Waals surface area contributed by atoms with Crippen molar-refractivity contribution < 1.29 is 9.53 Å². The number of carbonyl (C=O) groups is 1. The summed E-state index contributed by atoms with van der Waals surface area (Å²) in [7, 11) is 0. The van der Waals surface area contributed by atoms with E-state index in [1.54, 1.807) is 11.1 Å². The van der Waals surface area contributed by atoms with Gasteiger partial charge in [0.25, 0.3) is 5.56 Å². The van der Waals surface area contributed by atoms with E-state index in [4.69, 9.17) is 4.74 Å². The largest absolute Gasteiger partial charge is 0.378 e. The highest BCUT2D eigenvalue weighted by Crippen LogP contribution is 2.14. The molecule has 0 bridgehead atoms. The SMILES string of the molecule is O=C(Cn1cc(-c2ccccc2)ncc1=O)N1CCOCC1. The molecule has 2 heterocycles. The Morgan fingerprint density at radius 1 is 1.18 bits per heavy atom. The van der Waals surface area contributed by atoms with Crippen molar-refractivity contribution in [1.82, 2.24) is 14.5 Å². The van der Waals surface area contributed by atoms with Crippen molar-refractivity contribution in [2.75, 3.05) is 26.3 Å². The average Bonchev–Trinajstić information content (AvgIpc) is 2.58. The second kappa shape index (κ2) is 6.53. The molecule has 0 aliphatic carbocycles. The Labute approximate surface area is 128 Å². The molecule has 1 aliphatic rings. The lowest BCUT2D eigenvalue weighted by atomic mass is 10.2. The first-order valence-corrected chi connectivity index (χ1v) is 7.21. The summed E-state index contributed by atoms with van der Waals surface area (Å²) < 4.78 is 6.64. The van der Waals surface area contributed by atoms with Crippen molar-refractivity contribution in [2.45, 2.75) is 6.54 Å². The van der Waals surface area contributed by atoms with Gasteiger partial charge in [-0.05, 0) is 0 Å². The molecule has 0 atom stereocenters. The third-order valence-corrected chi connectivity index (χ3v) is 3.61. The van der Waals surface area contributed by atoms with E-state index in [-0.39, 0.29) is 18.0 Å². The molecule has 1 aliphatic heterocycles. The van der Waals surface area contributed by atoms with Crippen molar-refractivity contribution in [2.24, 2.45) is 0 Å². The number of hydrogen-bond acceptors (Lipinski definition) is 4. The molecule has 2 aromatic rings. The number of carbonyl (C=O) groups excluding carboxylic acids is 1. The highest BCUT2D eigenvalue weighted by molar-refractivity contribution is 5.76. The number of rotatable bonds is 3. The fourth-order valence-electron chi connectivity index (χ4n) is 2.38. The molecule has 1 aromatic heterocycles. The topological polar surface area (TPSA) is 64.4 Å². The molecule has 0 spiro atoms. The summed E-state index contributed by atoms with van der Waals surface area (Å²) in [6.07, 6.45) is 2.89. The van der Waals surface area contributed by atoms with E-state index in [0.29, 0.717) is 32.0 Å². The van der Waals surface area contributed by atoms with Crippen molar-refractivity contribution in [3.63, 3.8) is 0 Å². The first-order valence-electron chi connectivity index (χ1n) is 7.21. The maximum atomic E-state index is 12.3. The second-order valence-corrected chi connectivity index (χ2v) is 5.10. The molecule has 1 amide bonds. The number of nitrogens with zero attached hydrogens (tertiary/aromatic N) is 3. The normalized spacial score (nSPS) is 14.8. The lowest BCUT2D eigenvalue weighted by molar-refractivity contribution is -0.135. The lowest BCUT2D eigenvalue weighted by Crippen LogP contribution is -2.43. The second-order valence-electron chi connectivity index (χ2n) is 5.10. The summed E-state index contributed by atoms with van der Waals surface area (Å²) in [6.45, 7) is 2.27. The zero-order chi connectivity index (χ0) is 15.4. The van der Waals surface area contributed by atoms with Crippen LogP contribution < -0.4 is 5.56 Å². The van der Waals surface area contributed by atoms with Gasteiger partial charge in [0.2, 0.25) is 5.91 Å². The number of hydrogen-bond donors (Lipinski definition) is 0. The number of aromatic nitrogens is 2. The van der Waals surface area contributed by atoms with Gasteiger partial charge >= 0.3 is 0 Å². The smallest absolute Gasteiger partial charge is 0.269 e. The molecule has 114 valence electrons. The Morgan fingerprint density at radius 2 is 1.91 bits per heavy atom. The first kappa shape index (κ1) is 14.5. The van der Waals surface area contributed by atoms with Crippen LogP contribution in [0.15, 0.2) is 47.5 Å². The van der Waals surface area contributed by atoms with Crippen molar-refractivity contribution in [3.8, 4) is 11.3 Å². The van der Waals surface area contributed by atoms with E-state index in [1.807, 2.05) is 30.3 Å². The predicted molar refractivity (Wildman–Crippen MR) is 81.3 cm³/mol. The van der Waals surface area contributed by atoms with Gasteiger partial charge in [-0.3, -0.25) is 9.59 Å². The maximum absolute atomic E-state index is 12.3.